The molecule has 0 aliphatic heterocycles. The third kappa shape index (κ3) is 5.06. The topological polar surface area (TPSA) is 46.5 Å². The Hall–Kier alpha value is -2.39. The van der Waals surface area contributed by atoms with E-state index in [1.807, 2.05) is 24.3 Å². The van der Waals surface area contributed by atoms with Crippen LogP contribution in [0.5, 0.6) is 0 Å². The second-order valence-corrected chi connectivity index (χ2v) is 6.81. The number of ether oxygens (including phenoxy) is 1. The Morgan fingerprint density at radius 2 is 1.81 bits per heavy atom. The maximum atomic E-state index is 11.8. The number of hydrogen-bond donors (Lipinski definition) is 1. The molecule has 0 bridgehead atoms. The second-order valence-electron chi connectivity index (χ2n) is 6.81. The number of carbonyl (C=O) groups is 1. The third-order valence-corrected chi connectivity index (χ3v) is 4.57. The lowest BCUT2D eigenvalue weighted by molar-refractivity contribution is -0.140. The van der Waals surface area contributed by atoms with Crippen molar-refractivity contribution in [2.75, 3.05) is 0 Å². The minimum Gasteiger partial charge on any atom is -0.457 e. The van der Waals surface area contributed by atoms with E-state index >= 15 is 0 Å². The van der Waals surface area contributed by atoms with Crippen LogP contribution in [0.4, 0.5) is 0 Å². The van der Waals surface area contributed by atoms with E-state index in [2.05, 4.69) is 38.6 Å². The minimum atomic E-state index is -0.364. The van der Waals surface area contributed by atoms with Crippen molar-refractivity contribution in [1.29, 1.82) is 0 Å². The molecule has 2 aromatic rings. The molecule has 1 N–H and O–H groups in total. The van der Waals surface area contributed by atoms with Gasteiger partial charge in [-0.15, -0.1) is 0 Å². The monoisotopic (exact) mass is 352 g/mol. The van der Waals surface area contributed by atoms with E-state index in [1.54, 1.807) is 6.92 Å². The summed E-state index contributed by atoms with van der Waals surface area (Å²) < 4.78 is 5.41. The highest BCUT2D eigenvalue weighted by atomic mass is 16.5. The lowest BCUT2D eigenvalue weighted by Crippen LogP contribution is -2.08. The fourth-order valence-corrected chi connectivity index (χ4v) is 3.05. The molecule has 138 valence electrons. The molecule has 2 rings (SSSR count). The summed E-state index contributed by atoms with van der Waals surface area (Å²) in [7, 11) is 0. The van der Waals surface area contributed by atoms with Gasteiger partial charge in [0.2, 0.25) is 0 Å². The molecule has 0 radical (unpaired) electrons. The van der Waals surface area contributed by atoms with E-state index in [0.29, 0.717) is 11.5 Å². The first-order valence-corrected chi connectivity index (χ1v) is 9.11. The van der Waals surface area contributed by atoms with Crippen LogP contribution in [0.1, 0.15) is 56.2 Å². The Morgan fingerprint density at radius 1 is 1.15 bits per heavy atom. The summed E-state index contributed by atoms with van der Waals surface area (Å²) in [6, 6.07) is 14.2. The van der Waals surface area contributed by atoms with Gasteiger partial charge in [0.05, 0.1) is 6.61 Å². The number of carbonyl (C=O) groups excluding carboxylic acids is 1. The lowest BCUT2D eigenvalue weighted by Gasteiger charge is -2.18. The van der Waals surface area contributed by atoms with E-state index in [9.17, 15) is 9.90 Å². The highest BCUT2D eigenvalue weighted by Crippen LogP contribution is 2.30. The van der Waals surface area contributed by atoms with Crippen LogP contribution < -0.4 is 0 Å². The highest BCUT2D eigenvalue weighted by molar-refractivity contribution is 5.86. The SMILES string of the molecule is C=C(C)C(=O)OCc1cc(-c2ccc(CO)cc2)ccc1C(C)CCC. The number of benzene rings is 2. The summed E-state index contributed by atoms with van der Waals surface area (Å²) in [5, 5.41) is 9.20. The van der Waals surface area contributed by atoms with Crippen molar-refractivity contribution >= 4 is 5.97 Å². The molecular weight excluding hydrogens is 324 g/mol. The summed E-state index contributed by atoms with van der Waals surface area (Å²) >= 11 is 0. The number of hydrogen-bond acceptors (Lipinski definition) is 3. The predicted octanol–water partition coefficient (Wildman–Crippen LogP) is 5.37. The van der Waals surface area contributed by atoms with Crippen LogP contribution in [0.2, 0.25) is 0 Å². The quantitative estimate of drug-likeness (QED) is 0.513. The first-order chi connectivity index (χ1) is 12.5. The van der Waals surface area contributed by atoms with Gasteiger partial charge in [0.15, 0.2) is 0 Å². The van der Waals surface area contributed by atoms with Crippen molar-refractivity contribution in [2.45, 2.75) is 52.7 Å². The minimum absolute atomic E-state index is 0.0376. The standard InChI is InChI=1S/C23H28O3/c1-5-6-17(4)22-12-11-20(19-9-7-18(14-24)8-10-19)13-21(22)15-26-23(25)16(2)3/h7-13,17,24H,2,5-6,14-15H2,1,3-4H3. The molecule has 1 atom stereocenters. The Balaban J connectivity index is 2.34. The summed E-state index contributed by atoms with van der Waals surface area (Å²) in [6.07, 6.45) is 2.20. The van der Waals surface area contributed by atoms with Crippen LogP contribution in [0.3, 0.4) is 0 Å². The van der Waals surface area contributed by atoms with Crippen molar-refractivity contribution in [3.63, 3.8) is 0 Å². The number of aliphatic hydroxyl groups is 1. The van der Waals surface area contributed by atoms with Crippen molar-refractivity contribution < 1.29 is 14.6 Å². The molecule has 0 aliphatic carbocycles. The smallest absolute Gasteiger partial charge is 0.333 e. The lowest BCUT2D eigenvalue weighted by atomic mass is 9.90. The second kappa shape index (κ2) is 9.35. The molecule has 0 fully saturated rings. The zero-order valence-corrected chi connectivity index (χ0v) is 15.9. The maximum Gasteiger partial charge on any atom is 0.333 e. The van der Waals surface area contributed by atoms with Gasteiger partial charge in [0, 0.05) is 5.57 Å². The van der Waals surface area contributed by atoms with Crippen LogP contribution >= 0.6 is 0 Å². The van der Waals surface area contributed by atoms with Gasteiger partial charge >= 0.3 is 5.97 Å². The van der Waals surface area contributed by atoms with E-state index < -0.39 is 0 Å². The molecule has 0 aromatic heterocycles. The first kappa shape index (κ1) is 19.9. The van der Waals surface area contributed by atoms with E-state index in [4.69, 9.17) is 4.74 Å². The summed E-state index contributed by atoms with van der Waals surface area (Å²) in [6.45, 7) is 9.96. The molecule has 0 saturated heterocycles. The third-order valence-electron chi connectivity index (χ3n) is 4.57. The molecule has 2 aromatic carbocycles. The summed E-state index contributed by atoms with van der Waals surface area (Å²) in [5.74, 6) is 0.0427. The van der Waals surface area contributed by atoms with Gasteiger partial charge in [-0.1, -0.05) is 63.2 Å². The molecule has 1 unspecified atom stereocenters. The molecule has 0 amide bonds. The van der Waals surface area contributed by atoms with Gasteiger partial charge in [-0.25, -0.2) is 4.79 Å². The molecule has 26 heavy (non-hydrogen) atoms. The molecule has 0 aliphatic rings. The van der Waals surface area contributed by atoms with Crippen LogP contribution in [0, 0.1) is 0 Å². The highest BCUT2D eigenvalue weighted by Gasteiger charge is 2.14. The van der Waals surface area contributed by atoms with Crippen LogP contribution in [0.25, 0.3) is 11.1 Å². The fraction of sp³-hybridized carbons (Fsp3) is 0.348. The van der Waals surface area contributed by atoms with E-state index in [-0.39, 0.29) is 19.2 Å². The average Bonchev–Trinajstić information content (AvgIpc) is 2.66. The van der Waals surface area contributed by atoms with Crippen molar-refractivity contribution in [1.82, 2.24) is 0 Å². The Morgan fingerprint density at radius 3 is 2.38 bits per heavy atom. The van der Waals surface area contributed by atoms with Gasteiger partial charge in [-0.2, -0.15) is 0 Å². The Bertz CT molecular complexity index is 760. The summed E-state index contributed by atoms with van der Waals surface area (Å²) in [4.78, 5) is 11.8. The fourth-order valence-electron chi connectivity index (χ4n) is 3.05. The maximum absolute atomic E-state index is 11.8. The molecule has 0 heterocycles. The van der Waals surface area contributed by atoms with Crippen molar-refractivity contribution in [3.05, 3.63) is 71.3 Å². The van der Waals surface area contributed by atoms with Gasteiger partial charge in [-0.05, 0) is 53.1 Å². The van der Waals surface area contributed by atoms with E-state index in [0.717, 1.165) is 35.1 Å². The molecule has 3 heteroatoms. The average molecular weight is 352 g/mol. The van der Waals surface area contributed by atoms with Crippen LogP contribution in [-0.4, -0.2) is 11.1 Å². The Kier molecular flexibility index (Phi) is 7.16. The van der Waals surface area contributed by atoms with Crippen molar-refractivity contribution in [3.8, 4) is 11.1 Å². The molecule has 3 nitrogen and oxygen atoms in total. The normalized spacial score (nSPS) is 11.8. The van der Waals surface area contributed by atoms with Crippen molar-refractivity contribution in [2.24, 2.45) is 0 Å². The predicted molar refractivity (Wildman–Crippen MR) is 106 cm³/mol. The Labute approximate surface area is 156 Å². The number of rotatable bonds is 8. The van der Waals surface area contributed by atoms with E-state index in [1.165, 1.54) is 5.56 Å². The molecular formula is C23H28O3. The number of esters is 1. The largest absolute Gasteiger partial charge is 0.457 e. The molecule has 0 saturated carbocycles. The zero-order valence-electron chi connectivity index (χ0n) is 15.9. The van der Waals surface area contributed by atoms with Gasteiger partial charge in [0.1, 0.15) is 6.61 Å². The van der Waals surface area contributed by atoms with Gasteiger partial charge in [0.25, 0.3) is 0 Å². The van der Waals surface area contributed by atoms with Gasteiger partial charge in [-0.3, -0.25) is 0 Å². The first-order valence-electron chi connectivity index (χ1n) is 9.11. The van der Waals surface area contributed by atoms with Crippen LogP contribution in [-0.2, 0) is 22.7 Å². The summed E-state index contributed by atoms with van der Waals surface area (Å²) in [5.41, 5.74) is 5.69. The molecule has 0 spiro atoms. The number of aliphatic hydroxyl groups excluding tert-OH is 1. The van der Waals surface area contributed by atoms with Gasteiger partial charge < -0.3 is 9.84 Å². The zero-order chi connectivity index (χ0) is 19.1. The van der Waals surface area contributed by atoms with Crippen LogP contribution in [0.15, 0.2) is 54.6 Å².